The molecule has 0 spiro atoms. The first kappa shape index (κ1) is 14.0. The summed E-state index contributed by atoms with van der Waals surface area (Å²) in [6, 6.07) is 9.76. The molecule has 1 rings (SSSR count). The number of hydrogen-bond acceptors (Lipinski definition) is 1. The van der Waals surface area contributed by atoms with E-state index in [0.29, 0.717) is 12.3 Å². The number of nitrogens with one attached hydrogen (secondary N) is 1. The molecule has 17 heavy (non-hydrogen) atoms. The lowest BCUT2D eigenvalue weighted by Gasteiger charge is -2.29. The Morgan fingerprint density at radius 1 is 1.35 bits per heavy atom. The van der Waals surface area contributed by atoms with E-state index in [1.807, 2.05) is 37.3 Å². The lowest BCUT2D eigenvalue weighted by molar-refractivity contribution is -0.122. The van der Waals surface area contributed by atoms with Crippen LogP contribution in [-0.4, -0.2) is 17.3 Å². The van der Waals surface area contributed by atoms with Gasteiger partial charge in [0.25, 0.3) is 0 Å². The maximum absolute atomic E-state index is 11.9. The van der Waals surface area contributed by atoms with Crippen molar-refractivity contribution in [3.8, 4) is 0 Å². The van der Waals surface area contributed by atoms with Crippen molar-refractivity contribution in [3.05, 3.63) is 35.9 Å². The van der Waals surface area contributed by atoms with Crippen molar-refractivity contribution in [2.45, 2.75) is 38.6 Å². The molecule has 0 heterocycles. The van der Waals surface area contributed by atoms with Crippen LogP contribution in [0.15, 0.2) is 30.3 Å². The second-order valence-corrected chi connectivity index (χ2v) is 4.94. The van der Waals surface area contributed by atoms with Crippen LogP contribution in [0.25, 0.3) is 0 Å². The van der Waals surface area contributed by atoms with Crippen molar-refractivity contribution in [2.75, 3.05) is 5.88 Å². The molecule has 0 bridgehead atoms. The van der Waals surface area contributed by atoms with Crippen LogP contribution in [0.2, 0.25) is 0 Å². The van der Waals surface area contributed by atoms with Crippen molar-refractivity contribution >= 4 is 17.5 Å². The highest BCUT2D eigenvalue weighted by Gasteiger charge is 2.23. The van der Waals surface area contributed by atoms with Crippen LogP contribution in [0, 0.1) is 0 Å². The number of rotatable bonds is 6. The van der Waals surface area contributed by atoms with E-state index in [1.54, 1.807) is 0 Å². The van der Waals surface area contributed by atoms with E-state index < -0.39 is 0 Å². The third-order valence-corrected chi connectivity index (χ3v) is 3.26. The first-order valence-corrected chi connectivity index (χ1v) is 6.54. The molecular formula is C14H20ClNO. The third-order valence-electron chi connectivity index (χ3n) is 3.08. The standard InChI is InChI=1S/C14H20ClNO/c1-3-14(2,9-10-15)16-13(17)11-12-7-5-4-6-8-12/h4-8H,3,9-11H2,1-2H3,(H,16,17). The van der Waals surface area contributed by atoms with Crippen molar-refractivity contribution in [1.82, 2.24) is 5.32 Å². The molecule has 0 aliphatic rings. The van der Waals surface area contributed by atoms with Gasteiger partial charge in [-0.3, -0.25) is 4.79 Å². The summed E-state index contributed by atoms with van der Waals surface area (Å²) in [4.78, 5) is 11.9. The fourth-order valence-electron chi connectivity index (χ4n) is 1.70. The molecule has 0 radical (unpaired) electrons. The minimum atomic E-state index is -0.187. The predicted molar refractivity (Wildman–Crippen MR) is 72.3 cm³/mol. The largest absolute Gasteiger partial charge is 0.351 e. The molecule has 2 nitrogen and oxygen atoms in total. The first-order chi connectivity index (χ1) is 8.09. The van der Waals surface area contributed by atoms with Gasteiger partial charge in [-0.1, -0.05) is 37.3 Å². The van der Waals surface area contributed by atoms with Gasteiger partial charge in [0.1, 0.15) is 0 Å². The molecule has 1 N–H and O–H groups in total. The molecule has 1 aromatic rings. The van der Waals surface area contributed by atoms with Crippen LogP contribution in [0.3, 0.4) is 0 Å². The minimum Gasteiger partial charge on any atom is -0.351 e. The lowest BCUT2D eigenvalue weighted by atomic mass is 9.95. The Bertz CT molecular complexity index is 352. The van der Waals surface area contributed by atoms with E-state index in [9.17, 15) is 4.79 Å². The minimum absolute atomic E-state index is 0.0608. The summed E-state index contributed by atoms with van der Waals surface area (Å²) in [7, 11) is 0. The van der Waals surface area contributed by atoms with Crippen LogP contribution in [0.5, 0.6) is 0 Å². The SMILES string of the molecule is CCC(C)(CCCl)NC(=O)Cc1ccccc1. The van der Waals surface area contributed by atoms with Gasteiger partial charge < -0.3 is 5.32 Å². The zero-order valence-corrected chi connectivity index (χ0v) is 11.3. The van der Waals surface area contributed by atoms with Crippen LogP contribution < -0.4 is 5.32 Å². The summed E-state index contributed by atoms with van der Waals surface area (Å²) in [6.45, 7) is 4.10. The predicted octanol–water partition coefficient (Wildman–Crippen LogP) is 3.14. The summed E-state index contributed by atoms with van der Waals surface area (Å²) < 4.78 is 0. The highest BCUT2D eigenvalue weighted by Crippen LogP contribution is 2.15. The maximum Gasteiger partial charge on any atom is 0.224 e. The highest BCUT2D eigenvalue weighted by atomic mass is 35.5. The molecule has 3 heteroatoms. The van der Waals surface area contributed by atoms with Gasteiger partial charge in [-0.2, -0.15) is 0 Å². The van der Waals surface area contributed by atoms with Gasteiger partial charge in [-0.05, 0) is 25.3 Å². The lowest BCUT2D eigenvalue weighted by Crippen LogP contribution is -2.46. The normalized spacial score (nSPS) is 14.1. The second-order valence-electron chi connectivity index (χ2n) is 4.56. The van der Waals surface area contributed by atoms with Gasteiger partial charge in [0.2, 0.25) is 5.91 Å². The fraction of sp³-hybridized carbons (Fsp3) is 0.500. The number of halogens is 1. The molecule has 0 fully saturated rings. The topological polar surface area (TPSA) is 29.1 Å². The van der Waals surface area contributed by atoms with Gasteiger partial charge >= 0.3 is 0 Å². The number of amides is 1. The zero-order valence-electron chi connectivity index (χ0n) is 10.5. The van der Waals surface area contributed by atoms with Gasteiger partial charge in [0, 0.05) is 11.4 Å². The van der Waals surface area contributed by atoms with E-state index in [1.165, 1.54) is 0 Å². The molecule has 1 unspecified atom stereocenters. The second kappa shape index (κ2) is 6.65. The van der Waals surface area contributed by atoms with Crippen LogP contribution in [0.1, 0.15) is 32.3 Å². The molecule has 1 amide bonds. The molecule has 0 saturated carbocycles. The Balaban J connectivity index is 2.54. The smallest absolute Gasteiger partial charge is 0.224 e. The Morgan fingerprint density at radius 2 is 2.00 bits per heavy atom. The van der Waals surface area contributed by atoms with E-state index in [0.717, 1.165) is 18.4 Å². The first-order valence-electron chi connectivity index (χ1n) is 6.00. The zero-order chi connectivity index (χ0) is 12.7. The van der Waals surface area contributed by atoms with Gasteiger partial charge in [0.15, 0.2) is 0 Å². The quantitative estimate of drug-likeness (QED) is 0.776. The summed E-state index contributed by atoms with van der Waals surface area (Å²) in [5.74, 6) is 0.626. The Morgan fingerprint density at radius 3 is 2.53 bits per heavy atom. The van der Waals surface area contributed by atoms with E-state index >= 15 is 0 Å². The number of hydrogen-bond donors (Lipinski definition) is 1. The molecule has 0 saturated heterocycles. The van der Waals surface area contributed by atoms with Crippen LogP contribution in [-0.2, 0) is 11.2 Å². The van der Waals surface area contributed by atoms with E-state index in [2.05, 4.69) is 12.2 Å². The van der Waals surface area contributed by atoms with Crippen molar-refractivity contribution in [2.24, 2.45) is 0 Å². The molecule has 0 aliphatic heterocycles. The molecular weight excluding hydrogens is 234 g/mol. The van der Waals surface area contributed by atoms with Gasteiger partial charge in [-0.15, -0.1) is 11.6 Å². The van der Waals surface area contributed by atoms with E-state index in [4.69, 9.17) is 11.6 Å². The monoisotopic (exact) mass is 253 g/mol. The van der Waals surface area contributed by atoms with Crippen molar-refractivity contribution in [3.63, 3.8) is 0 Å². The third kappa shape index (κ3) is 4.78. The van der Waals surface area contributed by atoms with Gasteiger partial charge in [0.05, 0.1) is 6.42 Å². The van der Waals surface area contributed by atoms with Crippen molar-refractivity contribution in [1.29, 1.82) is 0 Å². The average Bonchev–Trinajstić information content (AvgIpc) is 2.30. The maximum atomic E-state index is 11.9. The Labute approximate surface area is 108 Å². The number of carbonyl (C=O) groups excluding carboxylic acids is 1. The van der Waals surface area contributed by atoms with Crippen LogP contribution >= 0.6 is 11.6 Å². The Hall–Kier alpha value is -1.02. The Kier molecular flexibility index (Phi) is 5.49. The summed E-state index contributed by atoms with van der Waals surface area (Å²) in [6.07, 6.45) is 2.12. The van der Waals surface area contributed by atoms with E-state index in [-0.39, 0.29) is 11.4 Å². The molecule has 0 aliphatic carbocycles. The molecule has 0 aromatic heterocycles. The number of carbonyl (C=O) groups is 1. The number of benzene rings is 1. The average molecular weight is 254 g/mol. The summed E-state index contributed by atoms with van der Waals surface area (Å²) in [5.41, 5.74) is 0.850. The summed E-state index contributed by atoms with van der Waals surface area (Å²) >= 11 is 5.76. The fourth-order valence-corrected chi connectivity index (χ4v) is 2.12. The van der Waals surface area contributed by atoms with Crippen molar-refractivity contribution < 1.29 is 4.79 Å². The molecule has 1 aromatic carbocycles. The molecule has 94 valence electrons. The van der Waals surface area contributed by atoms with Gasteiger partial charge in [-0.25, -0.2) is 0 Å². The summed E-state index contributed by atoms with van der Waals surface area (Å²) in [5, 5.41) is 3.07. The van der Waals surface area contributed by atoms with Crippen LogP contribution in [0.4, 0.5) is 0 Å². The molecule has 1 atom stereocenters. The highest BCUT2D eigenvalue weighted by molar-refractivity contribution is 6.17. The number of alkyl halides is 1.